The van der Waals surface area contributed by atoms with Gasteiger partial charge in [-0.25, -0.2) is 4.98 Å². The highest BCUT2D eigenvalue weighted by molar-refractivity contribution is 7.14. The molecule has 0 aliphatic carbocycles. The summed E-state index contributed by atoms with van der Waals surface area (Å²) in [6.45, 7) is 0. The second-order valence-electron chi connectivity index (χ2n) is 5.26. The van der Waals surface area contributed by atoms with Crippen molar-refractivity contribution in [1.82, 2.24) is 4.98 Å². The van der Waals surface area contributed by atoms with E-state index < -0.39 is 0 Å². The molecule has 0 bridgehead atoms. The first-order chi connectivity index (χ1) is 12.1. The summed E-state index contributed by atoms with van der Waals surface area (Å²) in [5.74, 6) is -0.118. The van der Waals surface area contributed by atoms with Gasteiger partial charge >= 0.3 is 0 Å². The SMILES string of the molecule is O=C(Nc1nc(-c2cc(Cl)ccc2Cl)cs1)c1cc2ccccc2o1. The minimum Gasteiger partial charge on any atom is -0.451 e. The monoisotopic (exact) mass is 388 g/mol. The van der Waals surface area contributed by atoms with Gasteiger partial charge < -0.3 is 4.42 Å². The highest BCUT2D eigenvalue weighted by atomic mass is 35.5. The molecule has 0 spiro atoms. The van der Waals surface area contributed by atoms with Crippen molar-refractivity contribution in [3.63, 3.8) is 0 Å². The van der Waals surface area contributed by atoms with E-state index in [9.17, 15) is 4.79 Å². The number of hydrogen-bond donors (Lipinski definition) is 1. The lowest BCUT2D eigenvalue weighted by molar-refractivity contribution is 0.0998. The van der Waals surface area contributed by atoms with Gasteiger partial charge in [0.15, 0.2) is 10.9 Å². The van der Waals surface area contributed by atoms with Crippen LogP contribution in [0.2, 0.25) is 10.0 Å². The third kappa shape index (κ3) is 3.26. The molecule has 0 atom stereocenters. The molecule has 0 fully saturated rings. The van der Waals surface area contributed by atoms with Crippen LogP contribution in [-0.4, -0.2) is 10.9 Å². The molecule has 2 heterocycles. The number of aromatic nitrogens is 1. The third-order valence-electron chi connectivity index (χ3n) is 3.58. The maximum atomic E-state index is 12.4. The van der Waals surface area contributed by atoms with Crippen LogP contribution in [-0.2, 0) is 0 Å². The van der Waals surface area contributed by atoms with Gasteiger partial charge in [0.2, 0.25) is 0 Å². The molecule has 2 aromatic carbocycles. The molecule has 1 N–H and O–H groups in total. The van der Waals surface area contributed by atoms with E-state index in [1.165, 1.54) is 11.3 Å². The van der Waals surface area contributed by atoms with Crippen LogP contribution in [0.1, 0.15) is 10.6 Å². The molecule has 0 aliphatic heterocycles. The van der Waals surface area contributed by atoms with Crippen molar-refractivity contribution in [3.05, 3.63) is 69.7 Å². The van der Waals surface area contributed by atoms with Gasteiger partial charge in [-0.3, -0.25) is 10.1 Å². The highest BCUT2D eigenvalue weighted by Crippen LogP contribution is 2.32. The van der Waals surface area contributed by atoms with Crippen molar-refractivity contribution in [3.8, 4) is 11.3 Å². The van der Waals surface area contributed by atoms with Crippen LogP contribution in [0, 0.1) is 0 Å². The molecule has 4 rings (SSSR count). The number of nitrogens with one attached hydrogen (secondary N) is 1. The summed E-state index contributed by atoms with van der Waals surface area (Å²) in [6.07, 6.45) is 0. The van der Waals surface area contributed by atoms with Crippen LogP contribution in [0.5, 0.6) is 0 Å². The number of thiazole rings is 1. The minimum absolute atomic E-state index is 0.235. The first kappa shape index (κ1) is 16.1. The van der Waals surface area contributed by atoms with Crippen molar-refractivity contribution in [1.29, 1.82) is 0 Å². The minimum atomic E-state index is -0.353. The Bertz CT molecular complexity index is 1050. The van der Waals surface area contributed by atoms with Crippen LogP contribution < -0.4 is 5.32 Å². The highest BCUT2D eigenvalue weighted by Gasteiger charge is 2.15. The normalized spacial score (nSPS) is 11.0. The van der Waals surface area contributed by atoms with E-state index in [4.69, 9.17) is 27.6 Å². The van der Waals surface area contributed by atoms with Crippen LogP contribution in [0.15, 0.2) is 58.3 Å². The van der Waals surface area contributed by atoms with E-state index in [0.29, 0.717) is 26.5 Å². The van der Waals surface area contributed by atoms with E-state index in [1.54, 1.807) is 24.3 Å². The van der Waals surface area contributed by atoms with Gasteiger partial charge in [0, 0.05) is 21.4 Å². The van der Waals surface area contributed by atoms with E-state index in [2.05, 4.69) is 10.3 Å². The molecule has 2 aromatic heterocycles. The molecular weight excluding hydrogens is 379 g/mol. The van der Waals surface area contributed by atoms with E-state index in [0.717, 1.165) is 10.9 Å². The van der Waals surface area contributed by atoms with Crippen molar-refractivity contribution in [2.24, 2.45) is 0 Å². The second kappa shape index (κ2) is 6.52. The molecule has 4 aromatic rings. The Kier molecular flexibility index (Phi) is 4.21. The fourth-order valence-corrected chi connectivity index (χ4v) is 3.49. The Morgan fingerprint density at radius 2 is 1.96 bits per heavy atom. The smallest absolute Gasteiger partial charge is 0.293 e. The predicted octanol–water partition coefficient (Wildman–Crippen LogP) is 6.12. The number of halogens is 2. The van der Waals surface area contributed by atoms with E-state index in [-0.39, 0.29) is 11.7 Å². The average molecular weight is 389 g/mol. The molecule has 0 saturated carbocycles. The first-order valence-corrected chi connectivity index (χ1v) is 8.94. The number of furan rings is 1. The Hall–Kier alpha value is -2.34. The van der Waals surface area contributed by atoms with Gasteiger partial charge in [0.05, 0.1) is 10.7 Å². The molecule has 124 valence electrons. The number of carbonyl (C=O) groups excluding carboxylic acids is 1. The molecule has 1 amide bonds. The van der Waals surface area contributed by atoms with Gasteiger partial charge in [0.25, 0.3) is 5.91 Å². The second-order valence-corrected chi connectivity index (χ2v) is 6.97. The first-order valence-electron chi connectivity index (χ1n) is 7.31. The van der Waals surface area contributed by atoms with Crippen LogP contribution in [0.3, 0.4) is 0 Å². The number of anilines is 1. The van der Waals surface area contributed by atoms with Gasteiger partial charge in [0.1, 0.15) is 5.58 Å². The van der Waals surface area contributed by atoms with E-state index in [1.807, 2.05) is 29.6 Å². The molecule has 25 heavy (non-hydrogen) atoms. The fourth-order valence-electron chi connectivity index (χ4n) is 2.40. The fraction of sp³-hybridized carbons (Fsp3) is 0. The summed E-state index contributed by atoms with van der Waals surface area (Å²) in [5.41, 5.74) is 2.03. The molecule has 7 heteroatoms. The summed E-state index contributed by atoms with van der Waals surface area (Å²) in [6, 6.07) is 14.3. The van der Waals surface area contributed by atoms with Crippen molar-refractivity contribution in [2.75, 3.05) is 5.32 Å². The number of para-hydroxylation sites is 1. The maximum absolute atomic E-state index is 12.4. The third-order valence-corrected chi connectivity index (χ3v) is 4.90. The summed E-state index contributed by atoms with van der Waals surface area (Å²) in [7, 11) is 0. The molecule has 0 radical (unpaired) electrons. The molecule has 4 nitrogen and oxygen atoms in total. The lowest BCUT2D eigenvalue weighted by atomic mass is 10.2. The molecular formula is C18H10Cl2N2O2S. The zero-order chi connectivity index (χ0) is 17.4. The number of benzene rings is 2. The Morgan fingerprint density at radius 1 is 1.12 bits per heavy atom. The van der Waals surface area contributed by atoms with Crippen LogP contribution >= 0.6 is 34.5 Å². The average Bonchev–Trinajstić information content (AvgIpc) is 3.23. The number of amides is 1. The Balaban J connectivity index is 1.58. The topological polar surface area (TPSA) is 55.1 Å². The molecule has 0 aliphatic rings. The lowest BCUT2D eigenvalue weighted by Gasteiger charge is -2.01. The van der Waals surface area contributed by atoms with Crippen LogP contribution in [0.25, 0.3) is 22.2 Å². The Labute approximate surface area is 157 Å². The lowest BCUT2D eigenvalue weighted by Crippen LogP contribution is -2.10. The number of carbonyl (C=O) groups is 1. The summed E-state index contributed by atoms with van der Waals surface area (Å²) >= 11 is 13.5. The largest absolute Gasteiger partial charge is 0.451 e. The van der Waals surface area contributed by atoms with Gasteiger partial charge in [-0.05, 0) is 30.3 Å². The van der Waals surface area contributed by atoms with Crippen molar-refractivity contribution < 1.29 is 9.21 Å². The van der Waals surface area contributed by atoms with Crippen LogP contribution in [0.4, 0.5) is 5.13 Å². The van der Waals surface area contributed by atoms with Gasteiger partial charge in [-0.15, -0.1) is 11.3 Å². The van der Waals surface area contributed by atoms with Gasteiger partial charge in [-0.2, -0.15) is 0 Å². The van der Waals surface area contributed by atoms with Gasteiger partial charge in [-0.1, -0.05) is 41.4 Å². The quantitative estimate of drug-likeness (QED) is 0.460. The zero-order valence-corrected chi connectivity index (χ0v) is 15.0. The number of rotatable bonds is 3. The molecule has 0 saturated heterocycles. The standard InChI is InChI=1S/C18H10Cl2N2O2S/c19-11-5-6-13(20)12(8-11)14-9-25-18(21-14)22-17(23)16-7-10-3-1-2-4-15(10)24-16/h1-9H,(H,21,22,23). The number of nitrogens with zero attached hydrogens (tertiary/aromatic N) is 1. The predicted molar refractivity (Wildman–Crippen MR) is 102 cm³/mol. The number of fused-ring (bicyclic) bond motifs is 1. The summed E-state index contributed by atoms with van der Waals surface area (Å²) in [4.78, 5) is 16.8. The zero-order valence-electron chi connectivity index (χ0n) is 12.6. The number of hydrogen-bond acceptors (Lipinski definition) is 4. The van der Waals surface area contributed by atoms with E-state index >= 15 is 0 Å². The Morgan fingerprint density at radius 3 is 2.80 bits per heavy atom. The maximum Gasteiger partial charge on any atom is 0.293 e. The van der Waals surface area contributed by atoms with Crippen molar-refractivity contribution in [2.45, 2.75) is 0 Å². The molecule has 0 unspecified atom stereocenters. The summed E-state index contributed by atoms with van der Waals surface area (Å²) in [5, 5.41) is 7.00. The summed E-state index contributed by atoms with van der Waals surface area (Å²) < 4.78 is 5.55. The van der Waals surface area contributed by atoms with Crippen molar-refractivity contribution >= 4 is 56.5 Å².